The fourth-order valence-electron chi connectivity index (χ4n) is 2.57. The Bertz CT molecular complexity index is 437. The van der Waals surface area contributed by atoms with Gasteiger partial charge in [-0.15, -0.1) is 0 Å². The monoisotopic (exact) mass is 265 g/mol. The van der Waals surface area contributed by atoms with Gasteiger partial charge in [0.05, 0.1) is 23.8 Å². The zero-order valence-electron chi connectivity index (χ0n) is 11.5. The molecule has 0 aromatic carbocycles. The first kappa shape index (κ1) is 13.9. The van der Waals surface area contributed by atoms with Gasteiger partial charge in [0, 0.05) is 5.92 Å². The molecule has 0 aromatic rings. The molecule has 2 rings (SSSR count). The number of hydrogen-bond donors (Lipinski definition) is 0. The van der Waals surface area contributed by atoms with Crippen LogP contribution in [0.15, 0.2) is 0 Å². The zero-order valence-corrected chi connectivity index (χ0v) is 11.5. The van der Waals surface area contributed by atoms with Gasteiger partial charge < -0.3 is 9.47 Å². The number of carbonyl (C=O) groups excluding carboxylic acids is 2. The van der Waals surface area contributed by atoms with E-state index in [2.05, 4.69) is 6.07 Å². The summed E-state index contributed by atoms with van der Waals surface area (Å²) in [7, 11) is 0. The van der Waals surface area contributed by atoms with Gasteiger partial charge in [0.1, 0.15) is 6.10 Å². The van der Waals surface area contributed by atoms with Crippen molar-refractivity contribution in [2.75, 3.05) is 0 Å². The summed E-state index contributed by atoms with van der Waals surface area (Å²) < 4.78 is 10.7. The molecule has 1 heterocycles. The molecule has 2 fully saturated rings. The molecule has 0 bridgehead atoms. The van der Waals surface area contributed by atoms with Crippen molar-refractivity contribution < 1.29 is 19.1 Å². The molecule has 1 aliphatic carbocycles. The standard InChI is InChI=1S/C14H19NO4/c1-4-14(2,3)13(17)19-12-9(7-15)5-8-6-10(16)18-11(8)12/h8-9,11-12H,4-6H2,1-3H3. The van der Waals surface area contributed by atoms with E-state index in [0.717, 1.165) is 0 Å². The minimum Gasteiger partial charge on any atom is -0.458 e. The summed E-state index contributed by atoms with van der Waals surface area (Å²) in [5.74, 6) is -0.953. The number of carbonyl (C=O) groups is 2. The molecule has 0 N–H and O–H groups in total. The molecule has 4 unspecified atom stereocenters. The lowest BCUT2D eigenvalue weighted by atomic mass is 9.90. The van der Waals surface area contributed by atoms with E-state index < -0.39 is 17.6 Å². The van der Waals surface area contributed by atoms with E-state index in [0.29, 0.717) is 19.3 Å². The molecule has 19 heavy (non-hydrogen) atoms. The van der Waals surface area contributed by atoms with E-state index in [1.54, 1.807) is 0 Å². The van der Waals surface area contributed by atoms with Gasteiger partial charge in [-0.1, -0.05) is 6.92 Å². The third kappa shape index (κ3) is 2.44. The Labute approximate surface area is 112 Å². The van der Waals surface area contributed by atoms with Crippen molar-refractivity contribution in [1.29, 1.82) is 5.26 Å². The third-order valence-corrected chi connectivity index (χ3v) is 4.28. The highest BCUT2D eigenvalue weighted by Gasteiger charge is 2.53. The van der Waals surface area contributed by atoms with Crippen LogP contribution in [-0.2, 0) is 19.1 Å². The first-order valence-corrected chi connectivity index (χ1v) is 6.69. The van der Waals surface area contributed by atoms with Gasteiger partial charge in [-0.3, -0.25) is 9.59 Å². The smallest absolute Gasteiger partial charge is 0.311 e. The first-order valence-electron chi connectivity index (χ1n) is 6.69. The number of nitriles is 1. The Kier molecular flexibility index (Phi) is 3.53. The number of fused-ring (bicyclic) bond motifs is 1. The van der Waals surface area contributed by atoms with Crippen LogP contribution in [0, 0.1) is 28.6 Å². The lowest BCUT2D eigenvalue weighted by Gasteiger charge is -2.26. The predicted molar refractivity (Wildman–Crippen MR) is 65.7 cm³/mol. The van der Waals surface area contributed by atoms with Crippen molar-refractivity contribution in [1.82, 2.24) is 0 Å². The van der Waals surface area contributed by atoms with E-state index in [4.69, 9.17) is 14.7 Å². The van der Waals surface area contributed by atoms with Crippen LogP contribution in [0.2, 0.25) is 0 Å². The van der Waals surface area contributed by atoms with Crippen molar-refractivity contribution in [3.05, 3.63) is 0 Å². The number of esters is 2. The van der Waals surface area contributed by atoms with Gasteiger partial charge in [-0.05, 0) is 26.7 Å². The second kappa shape index (κ2) is 4.84. The summed E-state index contributed by atoms with van der Waals surface area (Å²) in [6.07, 6.45) is 0.503. The van der Waals surface area contributed by atoms with E-state index in [9.17, 15) is 9.59 Å². The molecule has 0 amide bonds. The van der Waals surface area contributed by atoms with Crippen LogP contribution in [0.1, 0.15) is 40.0 Å². The summed E-state index contributed by atoms with van der Waals surface area (Å²) in [4.78, 5) is 23.4. The SMILES string of the molecule is CCC(C)(C)C(=O)OC1C(C#N)CC2CC(=O)OC21. The van der Waals surface area contributed by atoms with Gasteiger partial charge in [0.2, 0.25) is 0 Å². The normalized spacial score (nSPS) is 33.5. The number of rotatable bonds is 3. The van der Waals surface area contributed by atoms with E-state index in [1.165, 1.54) is 0 Å². The Hall–Kier alpha value is -1.57. The van der Waals surface area contributed by atoms with E-state index >= 15 is 0 Å². The molecule has 4 atom stereocenters. The molecule has 5 nitrogen and oxygen atoms in total. The topological polar surface area (TPSA) is 76.4 Å². The van der Waals surface area contributed by atoms with Crippen LogP contribution in [-0.4, -0.2) is 24.1 Å². The average Bonchev–Trinajstić information content (AvgIpc) is 2.86. The summed E-state index contributed by atoms with van der Waals surface area (Å²) >= 11 is 0. The van der Waals surface area contributed by atoms with Gasteiger partial charge in [0.15, 0.2) is 6.10 Å². The van der Waals surface area contributed by atoms with Gasteiger partial charge in [-0.25, -0.2) is 0 Å². The Morgan fingerprint density at radius 2 is 2.26 bits per heavy atom. The first-order chi connectivity index (χ1) is 8.89. The molecule has 5 heteroatoms. The average molecular weight is 265 g/mol. The molecule has 1 aliphatic heterocycles. The summed E-state index contributed by atoms with van der Waals surface area (Å²) in [6.45, 7) is 5.53. The van der Waals surface area contributed by atoms with Crippen LogP contribution in [0.3, 0.4) is 0 Å². The fourth-order valence-corrected chi connectivity index (χ4v) is 2.57. The molecule has 0 radical (unpaired) electrons. The summed E-state index contributed by atoms with van der Waals surface area (Å²) in [5, 5.41) is 9.15. The predicted octanol–water partition coefficient (Wildman–Crippen LogP) is 1.81. The molecule has 2 aliphatic rings. The van der Waals surface area contributed by atoms with Crippen molar-refractivity contribution in [2.24, 2.45) is 17.3 Å². The van der Waals surface area contributed by atoms with Crippen LogP contribution in [0.25, 0.3) is 0 Å². The second-order valence-electron chi connectivity index (χ2n) is 6.00. The maximum absolute atomic E-state index is 12.1. The second-order valence-corrected chi connectivity index (χ2v) is 6.00. The Morgan fingerprint density at radius 1 is 1.58 bits per heavy atom. The van der Waals surface area contributed by atoms with Gasteiger partial charge >= 0.3 is 11.9 Å². The minimum atomic E-state index is -0.611. The van der Waals surface area contributed by atoms with Crippen LogP contribution < -0.4 is 0 Å². The quantitative estimate of drug-likeness (QED) is 0.727. The van der Waals surface area contributed by atoms with Gasteiger partial charge in [-0.2, -0.15) is 5.26 Å². The van der Waals surface area contributed by atoms with Crippen molar-refractivity contribution in [3.8, 4) is 6.07 Å². The number of ether oxygens (including phenoxy) is 2. The Balaban J connectivity index is 2.11. The highest BCUT2D eigenvalue weighted by molar-refractivity contribution is 5.76. The van der Waals surface area contributed by atoms with Crippen molar-refractivity contribution in [2.45, 2.75) is 52.2 Å². The fraction of sp³-hybridized carbons (Fsp3) is 0.786. The minimum absolute atomic E-state index is 0.0136. The molecular weight excluding hydrogens is 246 g/mol. The largest absolute Gasteiger partial charge is 0.458 e. The molecule has 104 valence electrons. The van der Waals surface area contributed by atoms with E-state index in [-0.39, 0.29) is 23.8 Å². The molecule has 0 spiro atoms. The Morgan fingerprint density at radius 3 is 2.84 bits per heavy atom. The van der Waals surface area contributed by atoms with Crippen LogP contribution >= 0.6 is 0 Å². The van der Waals surface area contributed by atoms with E-state index in [1.807, 2.05) is 20.8 Å². The van der Waals surface area contributed by atoms with Crippen LogP contribution in [0.4, 0.5) is 0 Å². The highest BCUT2D eigenvalue weighted by Crippen LogP contribution is 2.42. The third-order valence-electron chi connectivity index (χ3n) is 4.28. The maximum Gasteiger partial charge on any atom is 0.311 e. The molecule has 0 aromatic heterocycles. The molecule has 1 saturated heterocycles. The summed E-state index contributed by atoms with van der Waals surface area (Å²) in [5.41, 5.74) is -0.583. The van der Waals surface area contributed by atoms with Crippen molar-refractivity contribution in [3.63, 3.8) is 0 Å². The lowest BCUT2D eigenvalue weighted by molar-refractivity contribution is -0.170. The summed E-state index contributed by atoms with van der Waals surface area (Å²) in [6, 6.07) is 2.16. The lowest BCUT2D eigenvalue weighted by Crippen LogP contribution is -2.37. The van der Waals surface area contributed by atoms with Crippen molar-refractivity contribution >= 4 is 11.9 Å². The maximum atomic E-state index is 12.1. The van der Waals surface area contributed by atoms with Gasteiger partial charge in [0.25, 0.3) is 0 Å². The zero-order chi connectivity index (χ0) is 14.2. The number of nitrogens with zero attached hydrogens (tertiary/aromatic N) is 1. The molecule has 1 saturated carbocycles. The van der Waals surface area contributed by atoms with Crippen LogP contribution in [0.5, 0.6) is 0 Å². The number of hydrogen-bond acceptors (Lipinski definition) is 5. The highest BCUT2D eigenvalue weighted by atomic mass is 16.6. The molecular formula is C14H19NO4.